The fourth-order valence-corrected chi connectivity index (χ4v) is 3.49. The van der Waals surface area contributed by atoms with Crippen LogP contribution >= 0.6 is 0 Å². The van der Waals surface area contributed by atoms with Gasteiger partial charge in [-0.3, -0.25) is 14.6 Å². The molecule has 28 heavy (non-hydrogen) atoms. The van der Waals surface area contributed by atoms with Crippen LogP contribution in [0.2, 0.25) is 0 Å². The van der Waals surface area contributed by atoms with Crippen molar-refractivity contribution in [2.75, 3.05) is 32.7 Å². The predicted molar refractivity (Wildman–Crippen MR) is 111 cm³/mol. The lowest BCUT2D eigenvalue weighted by atomic mass is 10.1. The van der Waals surface area contributed by atoms with Crippen LogP contribution in [0.15, 0.2) is 53.2 Å². The zero-order chi connectivity index (χ0) is 19.9. The van der Waals surface area contributed by atoms with Crippen molar-refractivity contribution in [3.05, 3.63) is 59.3 Å². The van der Waals surface area contributed by atoms with Crippen molar-refractivity contribution in [1.82, 2.24) is 15.1 Å². The Hall–Kier alpha value is -2.75. The number of nitriles is 1. The van der Waals surface area contributed by atoms with Gasteiger partial charge < -0.3 is 5.32 Å². The molecule has 6 heteroatoms. The number of aliphatic imine (C=N–C) groups is 1. The third-order valence-electron chi connectivity index (χ3n) is 5.12. The molecule has 1 atom stereocenters. The highest BCUT2D eigenvalue weighted by Crippen LogP contribution is 2.15. The smallest absolute Gasteiger partial charge is 0.259 e. The number of benzene rings is 1. The average molecular weight is 377 g/mol. The molecule has 146 valence electrons. The Morgan fingerprint density at radius 3 is 2.71 bits per heavy atom. The summed E-state index contributed by atoms with van der Waals surface area (Å²) in [6.45, 7) is 8.59. The van der Waals surface area contributed by atoms with Crippen molar-refractivity contribution in [3.8, 4) is 6.07 Å². The maximum atomic E-state index is 13.4. The number of nitrogens with one attached hydrogen (secondary N) is 1. The lowest BCUT2D eigenvalue weighted by Crippen LogP contribution is -2.52. The molecule has 0 unspecified atom stereocenters. The van der Waals surface area contributed by atoms with Gasteiger partial charge in [-0.2, -0.15) is 5.26 Å². The first-order valence-corrected chi connectivity index (χ1v) is 9.76. The molecule has 2 heterocycles. The molecule has 0 saturated carbocycles. The zero-order valence-electron chi connectivity index (χ0n) is 16.6. The SMILES string of the molecule is CC1=CC=CCC(N(C[C@@H](C)N2CCNCC2)C(=O)c2ccc(C#N)cc2)=N1. The van der Waals surface area contributed by atoms with Gasteiger partial charge in [0, 0.05) is 56.4 Å². The van der Waals surface area contributed by atoms with Gasteiger partial charge in [-0.25, -0.2) is 4.99 Å². The molecule has 0 bridgehead atoms. The summed E-state index contributed by atoms with van der Waals surface area (Å²) in [5.74, 6) is 0.687. The Bertz CT molecular complexity index is 825. The van der Waals surface area contributed by atoms with Crippen LogP contribution in [0.1, 0.15) is 36.2 Å². The molecule has 3 rings (SSSR count). The van der Waals surface area contributed by atoms with Crippen LogP contribution in [0.3, 0.4) is 0 Å². The molecule has 1 amide bonds. The minimum Gasteiger partial charge on any atom is -0.314 e. The molecular formula is C22H27N5O. The molecule has 1 aromatic rings. The van der Waals surface area contributed by atoms with Crippen LogP contribution in [0.4, 0.5) is 0 Å². The van der Waals surface area contributed by atoms with Gasteiger partial charge in [0.25, 0.3) is 5.91 Å². The Morgan fingerprint density at radius 1 is 1.32 bits per heavy atom. The van der Waals surface area contributed by atoms with E-state index in [1.165, 1.54) is 0 Å². The van der Waals surface area contributed by atoms with Gasteiger partial charge in [0.15, 0.2) is 0 Å². The van der Waals surface area contributed by atoms with Crippen molar-refractivity contribution in [3.63, 3.8) is 0 Å². The maximum Gasteiger partial charge on any atom is 0.259 e. The Morgan fingerprint density at radius 2 is 2.04 bits per heavy atom. The van der Waals surface area contributed by atoms with Gasteiger partial charge in [0.1, 0.15) is 5.84 Å². The highest BCUT2D eigenvalue weighted by atomic mass is 16.2. The van der Waals surface area contributed by atoms with Gasteiger partial charge >= 0.3 is 0 Å². The first-order valence-electron chi connectivity index (χ1n) is 9.76. The first-order chi connectivity index (χ1) is 13.6. The van der Waals surface area contributed by atoms with E-state index in [1.54, 1.807) is 29.2 Å². The van der Waals surface area contributed by atoms with Gasteiger partial charge in [-0.1, -0.05) is 12.2 Å². The molecule has 0 aromatic heterocycles. The number of nitrogens with zero attached hydrogens (tertiary/aromatic N) is 4. The second-order valence-corrected chi connectivity index (χ2v) is 7.21. The number of amides is 1. The molecule has 0 radical (unpaired) electrons. The summed E-state index contributed by atoms with van der Waals surface area (Å²) in [7, 11) is 0. The highest BCUT2D eigenvalue weighted by molar-refractivity contribution is 6.07. The van der Waals surface area contributed by atoms with Gasteiger partial charge in [-0.05, 0) is 44.2 Å². The third kappa shape index (κ3) is 4.94. The molecule has 0 aliphatic carbocycles. The summed E-state index contributed by atoms with van der Waals surface area (Å²) >= 11 is 0. The van der Waals surface area contributed by atoms with Crippen molar-refractivity contribution in [1.29, 1.82) is 5.26 Å². The first kappa shape index (κ1) is 20.0. The van der Waals surface area contributed by atoms with Gasteiger partial charge in [0.2, 0.25) is 0 Å². The Kier molecular flexibility index (Phi) is 6.75. The van der Waals surface area contributed by atoms with Gasteiger partial charge in [-0.15, -0.1) is 0 Å². The van der Waals surface area contributed by atoms with E-state index in [0.29, 0.717) is 24.1 Å². The van der Waals surface area contributed by atoms with Crippen LogP contribution < -0.4 is 5.32 Å². The van der Waals surface area contributed by atoms with Crippen molar-refractivity contribution in [2.24, 2.45) is 4.99 Å². The minimum atomic E-state index is -0.0756. The van der Waals surface area contributed by atoms with E-state index in [9.17, 15) is 4.79 Å². The quantitative estimate of drug-likeness (QED) is 0.875. The number of carbonyl (C=O) groups is 1. The highest BCUT2D eigenvalue weighted by Gasteiger charge is 2.26. The summed E-state index contributed by atoms with van der Waals surface area (Å²) in [4.78, 5) is 22.3. The maximum absolute atomic E-state index is 13.4. The molecule has 1 saturated heterocycles. The topological polar surface area (TPSA) is 71.7 Å². The molecule has 6 nitrogen and oxygen atoms in total. The fraction of sp³-hybridized carbons (Fsp3) is 0.409. The van der Waals surface area contributed by atoms with Gasteiger partial charge in [0.05, 0.1) is 11.6 Å². The lowest BCUT2D eigenvalue weighted by molar-refractivity contribution is 0.0795. The standard InChI is InChI=1S/C22H27N5O/c1-17-5-3-4-6-21(25-17)27(16-18(2)26-13-11-24-12-14-26)22(28)20-9-7-19(15-23)8-10-20/h3-5,7-10,18,24H,6,11-14,16H2,1-2H3/t18-/m1/s1. The molecule has 1 N–H and O–H groups in total. The Balaban J connectivity index is 1.86. The number of hydrogen-bond donors (Lipinski definition) is 1. The molecule has 1 aromatic carbocycles. The average Bonchev–Trinajstić information content (AvgIpc) is 2.96. The van der Waals surface area contributed by atoms with E-state index in [-0.39, 0.29) is 11.9 Å². The number of allylic oxidation sites excluding steroid dienone is 3. The molecule has 1 fully saturated rings. The third-order valence-corrected chi connectivity index (χ3v) is 5.12. The van der Waals surface area contributed by atoms with Crippen molar-refractivity contribution in [2.45, 2.75) is 26.3 Å². The number of rotatable bonds is 4. The Labute approximate surface area is 166 Å². The van der Waals surface area contributed by atoms with Crippen LogP contribution in [0.25, 0.3) is 0 Å². The number of hydrogen-bond acceptors (Lipinski definition) is 5. The molecule has 2 aliphatic rings. The van der Waals surface area contributed by atoms with E-state index in [0.717, 1.165) is 37.7 Å². The summed E-state index contributed by atoms with van der Waals surface area (Å²) in [6.07, 6.45) is 6.58. The van der Waals surface area contributed by atoms with Crippen LogP contribution in [0, 0.1) is 11.3 Å². The normalized spacial score (nSPS) is 18.5. The number of amidine groups is 1. The fourth-order valence-electron chi connectivity index (χ4n) is 3.49. The molecule has 2 aliphatic heterocycles. The van der Waals surface area contributed by atoms with E-state index in [4.69, 9.17) is 10.3 Å². The zero-order valence-corrected chi connectivity index (χ0v) is 16.6. The van der Waals surface area contributed by atoms with Crippen LogP contribution in [0.5, 0.6) is 0 Å². The predicted octanol–water partition coefficient (Wildman–Crippen LogP) is 2.56. The van der Waals surface area contributed by atoms with Crippen LogP contribution in [-0.2, 0) is 0 Å². The molecular weight excluding hydrogens is 350 g/mol. The lowest BCUT2D eigenvalue weighted by Gasteiger charge is -2.36. The monoisotopic (exact) mass is 377 g/mol. The van der Waals surface area contributed by atoms with E-state index in [2.05, 4.69) is 23.2 Å². The van der Waals surface area contributed by atoms with Crippen molar-refractivity contribution >= 4 is 11.7 Å². The number of carbonyl (C=O) groups excluding carboxylic acids is 1. The van der Waals surface area contributed by atoms with E-state index in [1.807, 2.05) is 25.2 Å². The summed E-state index contributed by atoms with van der Waals surface area (Å²) in [5.41, 5.74) is 2.01. The second-order valence-electron chi connectivity index (χ2n) is 7.21. The van der Waals surface area contributed by atoms with Crippen LogP contribution in [-0.4, -0.2) is 60.3 Å². The largest absolute Gasteiger partial charge is 0.314 e. The van der Waals surface area contributed by atoms with E-state index >= 15 is 0 Å². The number of piperazine rings is 1. The summed E-state index contributed by atoms with van der Waals surface area (Å²) in [6, 6.07) is 9.14. The minimum absolute atomic E-state index is 0.0756. The van der Waals surface area contributed by atoms with Crippen molar-refractivity contribution < 1.29 is 4.79 Å². The second kappa shape index (κ2) is 9.45. The molecule has 0 spiro atoms. The summed E-state index contributed by atoms with van der Waals surface area (Å²) < 4.78 is 0. The van der Waals surface area contributed by atoms with E-state index < -0.39 is 0 Å². The summed E-state index contributed by atoms with van der Waals surface area (Å²) in [5, 5.41) is 12.4.